The van der Waals surface area contributed by atoms with E-state index in [4.69, 9.17) is 18.0 Å². The Morgan fingerprint density at radius 1 is 0.800 bits per heavy atom. The van der Waals surface area contributed by atoms with E-state index in [1.165, 1.54) is 0 Å². The van der Waals surface area contributed by atoms with Gasteiger partial charge in [0.05, 0.1) is 6.21 Å². The first-order valence-electron chi connectivity index (χ1n) is 7.83. The average molecular weight is 346 g/mol. The van der Waals surface area contributed by atoms with E-state index in [1.54, 1.807) is 6.21 Å². The van der Waals surface area contributed by atoms with Gasteiger partial charge in [-0.2, -0.15) is 5.10 Å². The lowest BCUT2D eigenvalue weighted by Crippen LogP contribution is -2.23. The number of benzene rings is 3. The first-order valence-corrected chi connectivity index (χ1v) is 8.24. The van der Waals surface area contributed by atoms with Crippen LogP contribution in [0.5, 0.6) is 0 Å². The Bertz CT molecular complexity index is 806. The molecule has 0 saturated heterocycles. The monoisotopic (exact) mass is 346 g/mol. The van der Waals surface area contributed by atoms with E-state index in [-0.39, 0.29) is 5.11 Å². The molecule has 0 saturated carbocycles. The van der Waals surface area contributed by atoms with Crippen LogP contribution < -0.4 is 16.1 Å². The number of hydrogen-bond acceptors (Lipinski definition) is 3. The Morgan fingerprint density at radius 3 is 1.76 bits per heavy atom. The fraction of sp³-hybridized carbons (Fsp3) is 0. The number of nitrogens with zero attached hydrogens (tertiary/aromatic N) is 2. The number of thiocarbonyl (C=S) groups is 1. The van der Waals surface area contributed by atoms with E-state index in [0.717, 1.165) is 22.6 Å². The highest BCUT2D eigenvalue weighted by molar-refractivity contribution is 7.80. The molecule has 0 aromatic heterocycles. The highest BCUT2D eigenvalue weighted by atomic mass is 32.1. The molecule has 0 aliphatic heterocycles. The summed E-state index contributed by atoms with van der Waals surface area (Å²) in [5, 5.41) is 4.12. The van der Waals surface area contributed by atoms with Crippen LogP contribution in [0.2, 0.25) is 0 Å². The van der Waals surface area contributed by atoms with E-state index in [1.807, 2.05) is 48.5 Å². The van der Waals surface area contributed by atoms with Gasteiger partial charge in [0.15, 0.2) is 5.11 Å². The Balaban J connectivity index is 1.92. The summed E-state index contributed by atoms with van der Waals surface area (Å²) in [6.07, 6.45) is 1.68. The second-order valence-electron chi connectivity index (χ2n) is 5.33. The summed E-state index contributed by atoms with van der Waals surface area (Å²) in [4.78, 5) is 2.20. The summed E-state index contributed by atoms with van der Waals surface area (Å²) >= 11 is 4.72. The molecule has 3 aromatic rings. The largest absolute Gasteiger partial charge is 0.375 e. The predicted molar refractivity (Wildman–Crippen MR) is 109 cm³/mol. The van der Waals surface area contributed by atoms with Crippen LogP contribution in [-0.4, -0.2) is 11.3 Å². The van der Waals surface area contributed by atoms with Crippen molar-refractivity contribution >= 4 is 40.6 Å². The maximum Gasteiger partial charge on any atom is 0.184 e. The SMILES string of the molecule is NC(=S)NN=Cc1ccc(N(c2ccccc2)c2ccccc2)cc1. The van der Waals surface area contributed by atoms with Crippen LogP contribution in [0.3, 0.4) is 0 Å². The van der Waals surface area contributed by atoms with Crippen molar-refractivity contribution in [1.29, 1.82) is 0 Å². The van der Waals surface area contributed by atoms with Crippen LogP contribution in [0.1, 0.15) is 5.56 Å². The molecule has 0 heterocycles. The van der Waals surface area contributed by atoms with Crippen molar-refractivity contribution in [3.8, 4) is 0 Å². The molecule has 3 N–H and O–H groups in total. The molecule has 5 heteroatoms. The summed E-state index contributed by atoms with van der Waals surface area (Å²) in [5.41, 5.74) is 12.1. The van der Waals surface area contributed by atoms with Gasteiger partial charge in [-0.3, -0.25) is 5.43 Å². The molecular formula is C20H18N4S. The Hall–Kier alpha value is -3.18. The minimum atomic E-state index is 0.146. The zero-order valence-electron chi connectivity index (χ0n) is 13.5. The van der Waals surface area contributed by atoms with Gasteiger partial charge >= 0.3 is 0 Å². The minimum absolute atomic E-state index is 0.146. The van der Waals surface area contributed by atoms with Crippen molar-refractivity contribution in [2.24, 2.45) is 10.8 Å². The third kappa shape index (κ3) is 4.43. The molecule has 0 aliphatic carbocycles. The van der Waals surface area contributed by atoms with Gasteiger partial charge in [-0.05, 0) is 54.2 Å². The van der Waals surface area contributed by atoms with Crippen LogP contribution in [0, 0.1) is 0 Å². The standard InChI is InChI=1S/C20H18N4S/c21-20(25)23-22-15-16-11-13-19(14-12-16)24(17-7-3-1-4-8-17)18-9-5-2-6-10-18/h1-15H,(H3,21,23,25). The number of anilines is 3. The minimum Gasteiger partial charge on any atom is -0.375 e. The first kappa shape index (κ1) is 16.7. The molecule has 0 fully saturated rings. The van der Waals surface area contributed by atoms with Crippen molar-refractivity contribution in [2.75, 3.05) is 4.90 Å². The van der Waals surface area contributed by atoms with Crippen LogP contribution in [0.4, 0.5) is 17.1 Å². The lowest BCUT2D eigenvalue weighted by Gasteiger charge is -2.25. The van der Waals surface area contributed by atoms with Gasteiger partial charge < -0.3 is 10.6 Å². The summed E-state index contributed by atoms with van der Waals surface area (Å²) in [5.74, 6) is 0. The van der Waals surface area contributed by atoms with Gasteiger partial charge in [-0.15, -0.1) is 0 Å². The number of nitrogens with one attached hydrogen (secondary N) is 1. The number of nitrogens with two attached hydrogens (primary N) is 1. The van der Waals surface area contributed by atoms with Crippen molar-refractivity contribution in [3.63, 3.8) is 0 Å². The summed E-state index contributed by atoms with van der Waals surface area (Å²) < 4.78 is 0. The smallest absolute Gasteiger partial charge is 0.184 e. The van der Waals surface area contributed by atoms with Crippen LogP contribution in [-0.2, 0) is 0 Å². The molecule has 0 atom stereocenters. The molecule has 0 amide bonds. The zero-order valence-corrected chi connectivity index (χ0v) is 14.4. The van der Waals surface area contributed by atoms with E-state index in [9.17, 15) is 0 Å². The van der Waals surface area contributed by atoms with Crippen molar-refractivity contribution in [2.45, 2.75) is 0 Å². The van der Waals surface area contributed by atoms with Crippen molar-refractivity contribution in [3.05, 3.63) is 90.5 Å². The van der Waals surface area contributed by atoms with Crippen molar-refractivity contribution < 1.29 is 0 Å². The maximum atomic E-state index is 5.35. The van der Waals surface area contributed by atoms with Gasteiger partial charge in [0.25, 0.3) is 0 Å². The summed E-state index contributed by atoms with van der Waals surface area (Å²) in [6.45, 7) is 0. The third-order valence-corrected chi connectivity index (χ3v) is 3.66. The van der Waals surface area contributed by atoms with Gasteiger partial charge in [0.1, 0.15) is 0 Å². The normalized spacial score (nSPS) is 10.6. The molecule has 0 radical (unpaired) electrons. The fourth-order valence-electron chi connectivity index (χ4n) is 2.48. The first-order chi connectivity index (χ1) is 12.2. The molecule has 3 aromatic carbocycles. The van der Waals surface area contributed by atoms with Crippen LogP contribution in [0.25, 0.3) is 0 Å². The lowest BCUT2D eigenvalue weighted by atomic mass is 10.1. The molecule has 0 aliphatic rings. The summed E-state index contributed by atoms with van der Waals surface area (Å²) in [6, 6.07) is 28.7. The van der Waals surface area contributed by atoms with Crippen molar-refractivity contribution in [1.82, 2.24) is 5.43 Å². The van der Waals surface area contributed by atoms with E-state index >= 15 is 0 Å². The number of rotatable bonds is 5. The Kier molecular flexibility index (Phi) is 5.39. The van der Waals surface area contributed by atoms with Gasteiger partial charge in [-0.1, -0.05) is 48.5 Å². The third-order valence-electron chi connectivity index (χ3n) is 3.57. The van der Waals surface area contributed by atoms with Crippen LogP contribution in [0.15, 0.2) is 90.0 Å². The topological polar surface area (TPSA) is 53.6 Å². The van der Waals surface area contributed by atoms with Gasteiger partial charge in [0.2, 0.25) is 0 Å². The highest BCUT2D eigenvalue weighted by Crippen LogP contribution is 2.33. The molecule has 25 heavy (non-hydrogen) atoms. The average Bonchev–Trinajstić information content (AvgIpc) is 2.65. The summed E-state index contributed by atoms with van der Waals surface area (Å²) in [7, 11) is 0. The fourth-order valence-corrected chi connectivity index (χ4v) is 2.53. The van der Waals surface area contributed by atoms with E-state index in [0.29, 0.717) is 0 Å². The number of para-hydroxylation sites is 2. The molecule has 3 rings (SSSR count). The Labute approximate surface area is 152 Å². The molecule has 0 bridgehead atoms. The lowest BCUT2D eigenvalue weighted by molar-refractivity contribution is 1.04. The number of hydrazone groups is 1. The van der Waals surface area contributed by atoms with E-state index in [2.05, 4.69) is 51.8 Å². The van der Waals surface area contributed by atoms with Gasteiger partial charge in [0, 0.05) is 17.1 Å². The van der Waals surface area contributed by atoms with Crippen LogP contribution >= 0.6 is 12.2 Å². The molecular weight excluding hydrogens is 328 g/mol. The van der Waals surface area contributed by atoms with E-state index < -0.39 is 0 Å². The zero-order chi connectivity index (χ0) is 17.5. The predicted octanol–water partition coefficient (Wildman–Crippen LogP) is 4.32. The van der Waals surface area contributed by atoms with Gasteiger partial charge in [-0.25, -0.2) is 0 Å². The molecule has 0 spiro atoms. The maximum absolute atomic E-state index is 5.35. The second kappa shape index (κ2) is 8.08. The molecule has 4 nitrogen and oxygen atoms in total. The molecule has 124 valence electrons. The quantitative estimate of drug-likeness (QED) is 0.410. The second-order valence-corrected chi connectivity index (χ2v) is 5.77. The molecule has 0 unspecified atom stereocenters. The number of hydrogen-bond donors (Lipinski definition) is 2. The Morgan fingerprint density at radius 2 is 1.28 bits per heavy atom. The highest BCUT2D eigenvalue weighted by Gasteiger charge is 2.11.